The van der Waals surface area contributed by atoms with Gasteiger partial charge in [0.25, 0.3) is 0 Å². The smallest absolute Gasteiger partial charge is 0.355 e. The average Bonchev–Trinajstić information content (AvgIpc) is 2.59. The number of aliphatic hydroxyl groups excluding tert-OH is 2. The van der Waals surface area contributed by atoms with Gasteiger partial charge in [-0.3, -0.25) is 4.79 Å². The molecule has 0 aromatic rings. The number of carbonyl (C=O) groups is 2. The van der Waals surface area contributed by atoms with Gasteiger partial charge in [-0.15, -0.1) is 0 Å². The second-order valence-corrected chi connectivity index (χ2v) is 3.45. The first-order valence-electron chi connectivity index (χ1n) is 4.81. The lowest BCUT2D eigenvalue weighted by molar-refractivity contribution is -0.127. The van der Waals surface area contributed by atoms with E-state index in [1.807, 2.05) is 0 Å². The van der Waals surface area contributed by atoms with E-state index in [9.17, 15) is 14.7 Å². The molecule has 1 fully saturated rings. The van der Waals surface area contributed by atoms with Crippen LogP contribution in [0.25, 0.3) is 0 Å². The average molecular weight is 246 g/mol. The fraction of sp³-hybridized carbons (Fsp3) is 0.625. The van der Waals surface area contributed by atoms with Crippen molar-refractivity contribution in [3.8, 4) is 0 Å². The Kier molecular flexibility index (Phi) is 4.37. The van der Waals surface area contributed by atoms with Crippen molar-refractivity contribution in [2.75, 3.05) is 6.61 Å². The molecule has 3 amide bonds. The number of ether oxygens (including phenoxy) is 1. The van der Waals surface area contributed by atoms with Crippen molar-refractivity contribution in [3.05, 3.63) is 0 Å². The minimum Gasteiger partial charge on any atom is -0.394 e. The van der Waals surface area contributed by atoms with E-state index >= 15 is 0 Å². The standard InChI is InChI=1S/C8H14N4O5/c9-7(10)11-8(16)12(3-14)6-1-4(15)5(2-13)17-6/h3-6,13,15H,1-2H2,(H4,9,10,11,16)/t4-,5+,6+/m0/s1. The Balaban J connectivity index is 2.73. The first kappa shape index (κ1) is 13.4. The first-order valence-corrected chi connectivity index (χ1v) is 4.81. The maximum absolute atomic E-state index is 11.4. The van der Waals surface area contributed by atoms with Crippen molar-refractivity contribution in [2.24, 2.45) is 16.5 Å². The summed E-state index contributed by atoms with van der Waals surface area (Å²) in [5, 5.41) is 18.3. The monoisotopic (exact) mass is 246 g/mol. The third kappa shape index (κ3) is 3.12. The summed E-state index contributed by atoms with van der Waals surface area (Å²) in [5.41, 5.74) is 10.00. The molecule has 1 saturated heterocycles. The molecule has 1 heterocycles. The largest absolute Gasteiger partial charge is 0.394 e. The molecule has 0 aromatic heterocycles. The van der Waals surface area contributed by atoms with Gasteiger partial charge in [-0.1, -0.05) is 0 Å². The van der Waals surface area contributed by atoms with Crippen LogP contribution in [0.4, 0.5) is 4.79 Å². The normalized spacial score (nSPS) is 27.5. The fourth-order valence-electron chi connectivity index (χ4n) is 1.45. The molecule has 0 aliphatic carbocycles. The highest BCUT2D eigenvalue weighted by molar-refractivity contribution is 5.94. The molecular formula is C8H14N4O5. The Bertz CT molecular complexity index is 330. The summed E-state index contributed by atoms with van der Waals surface area (Å²) in [6, 6.07) is -0.990. The lowest BCUT2D eigenvalue weighted by Crippen LogP contribution is -2.39. The highest BCUT2D eigenvalue weighted by Gasteiger charge is 2.38. The number of hydrogen-bond donors (Lipinski definition) is 4. The molecule has 1 aliphatic heterocycles. The minimum absolute atomic E-state index is 0.00426. The van der Waals surface area contributed by atoms with Gasteiger partial charge < -0.3 is 26.4 Å². The highest BCUT2D eigenvalue weighted by atomic mass is 16.5. The van der Waals surface area contributed by atoms with E-state index in [0.717, 1.165) is 0 Å². The van der Waals surface area contributed by atoms with Crippen LogP contribution in [-0.2, 0) is 9.53 Å². The lowest BCUT2D eigenvalue weighted by atomic mass is 10.2. The molecule has 0 unspecified atom stereocenters. The van der Waals surface area contributed by atoms with Gasteiger partial charge in [0.15, 0.2) is 5.96 Å². The van der Waals surface area contributed by atoms with E-state index in [1.54, 1.807) is 0 Å². The Morgan fingerprint density at radius 1 is 1.59 bits per heavy atom. The Labute approximate surface area is 96.6 Å². The van der Waals surface area contributed by atoms with Crippen LogP contribution in [0.15, 0.2) is 4.99 Å². The Morgan fingerprint density at radius 2 is 2.24 bits per heavy atom. The molecule has 1 rings (SSSR count). The molecule has 0 saturated carbocycles. The number of nitrogens with zero attached hydrogens (tertiary/aromatic N) is 2. The third-order valence-corrected chi connectivity index (χ3v) is 2.25. The molecule has 3 atom stereocenters. The highest BCUT2D eigenvalue weighted by Crippen LogP contribution is 2.22. The van der Waals surface area contributed by atoms with Crippen molar-refractivity contribution in [1.82, 2.24) is 4.90 Å². The molecule has 9 heteroatoms. The zero-order chi connectivity index (χ0) is 13.0. The molecule has 96 valence electrons. The summed E-state index contributed by atoms with van der Waals surface area (Å²) in [4.78, 5) is 25.9. The first-order chi connectivity index (χ1) is 7.99. The van der Waals surface area contributed by atoms with Gasteiger partial charge in [-0.2, -0.15) is 4.99 Å². The van der Waals surface area contributed by atoms with Crippen LogP contribution in [0.1, 0.15) is 6.42 Å². The van der Waals surface area contributed by atoms with Crippen LogP contribution < -0.4 is 11.5 Å². The molecule has 0 radical (unpaired) electrons. The van der Waals surface area contributed by atoms with Crippen molar-refractivity contribution >= 4 is 18.4 Å². The number of urea groups is 1. The summed E-state index contributed by atoms with van der Waals surface area (Å²) in [6.07, 6.45) is -2.59. The number of aliphatic hydroxyl groups is 2. The number of aliphatic imine (C=N–C) groups is 1. The Morgan fingerprint density at radius 3 is 2.65 bits per heavy atom. The Hall–Kier alpha value is -1.71. The molecule has 6 N–H and O–H groups in total. The van der Waals surface area contributed by atoms with Gasteiger partial charge in [-0.25, -0.2) is 9.69 Å². The molecular weight excluding hydrogens is 232 g/mol. The van der Waals surface area contributed by atoms with Gasteiger partial charge in [0.05, 0.1) is 12.7 Å². The van der Waals surface area contributed by atoms with Gasteiger partial charge >= 0.3 is 6.03 Å². The number of amides is 3. The van der Waals surface area contributed by atoms with Gasteiger partial charge in [-0.05, 0) is 0 Å². The molecule has 0 spiro atoms. The van der Waals surface area contributed by atoms with Crippen LogP contribution >= 0.6 is 0 Å². The van der Waals surface area contributed by atoms with Crippen molar-refractivity contribution in [3.63, 3.8) is 0 Å². The molecule has 9 nitrogen and oxygen atoms in total. The zero-order valence-corrected chi connectivity index (χ0v) is 8.89. The predicted octanol–water partition coefficient (Wildman–Crippen LogP) is -2.69. The van der Waals surface area contributed by atoms with Crippen LogP contribution in [0, 0.1) is 0 Å². The fourth-order valence-corrected chi connectivity index (χ4v) is 1.45. The second kappa shape index (κ2) is 5.57. The number of guanidine groups is 1. The molecule has 1 aliphatic rings. The second-order valence-electron chi connectivity index (χ2n) is 3.45. The minimum atomic E-state index is -0.991. The summed E-state index contributed by atoms with van der Waals surface area (Å²) < 4.78 is 5.10. The number of hydrogen-bond acceptors (Lipinski definition) is 5. The van der Waals surface area contributed by atoms with Gasteiger partial charge in [0, 0.05) is 6.42 Å². The van der Waals surface area contributed by atoms with E-state index in [2.05, 4.69) is 4.99 Å². The molecule has 17 heavy (non-hydrogen) atoms. The van der Waals surface area contributed by atoms with E-state index in [1.165, 1.54) is 0 Å². The number of rotatable bonds is 3. The van der Waals surface area contributed by atoms with Crippen LogP contribution in [-0.4, -0.2) is 58.6 Å². The molecule has 0 bridgehead atoms. The van der Waals surface area contributed by atoms with E-state index in [0.29, 0.717) is 4.90 Å². The predicted molar refractivity (Wildman–Crippen MR) is 55.5 cm³/mol. The number of carbonyl (C=O) groups excluding carboxylic acids is 2. The van der Waals surface area contributed by atoms with Crippen molar-refractivity contribution in [1.29, 1.82) is 0 Å². The molecule has 0 aromatic carbocycles. The van der Waals surface area contributed by atoms with Crippen molar-refractivity contribution in [2.45, 2.75) is 24.9 Å². The summed E-state index contributed by atoms with van der Waals surface area (Å²) in [7, 11) is 0. The quantitative estimate of drug-likeness (QED) is 0.240. The maximum Gasteiger partial charge on any atom is 0.355 e. The zero-order valence-electron chi connectivity index (χ0n) is 8.89. The van der Waals surface area contributed by atoms with E-state index in [-0.39, 0.29) is 12.8 Å². The van der Waals surface area contributed by atoms with Gasteiger partial charge in [0.1, 0.15) is 12.3 Å². The summed E-state index contributed by atoms with van der Waals surface area (Å²) in [6.45, 7) is -0.416. The summed E-state index contributed by atoms with van der Waals surface area (Å²) >= 11 is 0. The van der Waals surface area contributed by atoms with Crippen LogP contribution in [0.2, 0.25) is 0 Å². The number of nitrogens with two attached hydrogens (primary N) is 2. The SMILES string of the molecule is NC(N)=NC(=O)N(C=O)[C@H]1C[C@H](O)[C@@H](CO)O1. The van der Waals surface area contributed by atoms with Gasteiger partial charge in [0.2, 0.25) is 6.41 Å². The third-order valence-electron chi connectivity index (χ3n) is 2.25. The topological polar surface area (TPSA) is 151 Å². The van der Waals surface area contributed by atoms with E-state index in [4.69, 9.17) is 21.3 Å². The van der Waals surface area contributed by atoms with Crippen LogP contribution in [0.5, 0.6) is 0 Å². The maximum atomic E-state index is 11.4. The lowest BCUT2D eigenvalue weighted by Gasteiger charge is -2.20. The summed E-state index contributed by atoms with van der Waals surface area (Å²) in [5.74, 6) is -0.487. The van der Waals surface area contributed by atoms with Crippen LogP contribution in [0.3, 0.4) is 0 Å². The van der Waals surface area contributed by atoms with Crippen molar-refractivity contribution < 1.29 is 24.5 Å². The number of imide groups is 1. The van der Waals surface area contributed by atoms with E-state index < -0.39 is 37.0 Å².